The van der Waals surface area contributed by atoms with Gasteiger partial charge in [-0.2, -0.15) is 0 Å². The molecule has 0 saturated carbocycles. The first-order valence-electron chi connectivity index (χ1n) is 6.79. The van der Waals surface area contributed by atoms with E-state index < -0.39 is 0 Å². The molecule has 4 nitrogen and oxygen atoms in total. The second-order valence-corrected chi connectivity index (χ2v) is 4.71. The van der Waals surface area contributed by atoms with Crippen LogP contribution in [0.1, 0.15) is 57.1 Å². The SMILES string of the molecule is CCCNc1nc(COCC)nc(C)c1C(C)C. The van der Waals surface area contributed by atoms with Gasteiger partial charge in [0.1, 0.15) is 12.4 Å². The summed E-state index contributed by atoms with van der Waals surface area (Å²) in [7, 11) is 0. The van der Waals surface area contributed by atoms with Gasteiger partial charge in [-0.05, 0) is 26.2 Å². The Morgan fingerprint density at radius 1 is 1.22 bits per heavy atom. The molecule has 4 heteroatoms. The normalized spacial score (nSPS) is 11.0. The van der Waals surface area contributed by atoms with E-state index in [1.807, 2.05) is 13.8 Å². The molecule has 0 bridgehead atoms. The van der Waals surface area contributed by atoms with E-state index in [-0.39, 0.29) is 0 Å². The molecular formula is C14H25N3O. The van der Waals surface area contributed by atoms with Crippen LogP contribution in [0.5, 0.6) is 0 Å². The van der Waals surface area contributed by atoms with Crippen LogP contribution in [0.15, 0.2) is 0 Å². The van der Waals surface area contributed by atoms with E-state index in [1.165, 1.54) is 5.56 Å². The van der Waals surface area contributed by atoms with Gasteiger partial charge in [-0.1, -0.05) is 20.8 Å². The zero-order chi connectivity index (χ0) is 13.5. The molecule has 102 valence electrons. The van der Waals surface area contributed by atoms with E-state index in [4.69, 9.17) is 4.74 Å². The minimum atomic E-state index is 0.422. The van der Waals surface area contributed by atoms with Crippen LogP contribution in [0.3, 0.4) is 0 Å². The molecule has 1 N–H and O–H groups in total. The molecule has 0 aliphatic carbocycles. The molecular weight excluding hydrogens is 226 g/mol. The number of nitrogens with zero attached hydrogens (tertiary/aromatic N) is 2. The number of rotatable bonds is 7. The maximum atomic E-state index is 5.38. The largest absolute Gasteiger partial charge is 0.374 e. The van der Waals surface area contributed by atoms with Crippen LogP contribution in [0.4, 0.5) is 5.82 Å². The predicted molar refractivity (Wildman–Crippen MR) is 75.0 cm³/mol. The third-order valence-electron chi connectivity index (χ3n) is 2.74. The molecule has 0 aliphatic heterocycles. The van der Waals surface area contributed by atoms with Gasteiger partial charge in [-0.15, -0.1) is 0 Å². The van der Waals surface area contributed by atoms with Crippen molar-refractivity contribution in [3.63, 3.8) is 0 Å². The van der Waals surface area contributed by atoms with Gasteiger partial charge in [0.15, 0.2) is 5.82 Å². The molecule has 0 atom stereocenters. The van der Waals surface area contributed by atoms with Crippen molar-refractivity contribution in [2.24, 2.45) is 0 Å². The lowest BCUT2D eigenvalue weighted by molar-refractivity contribution is 0.128. The molecule has 0 amide bonds. The zero-order valence-corrected chi connectivity index (χ0v) is 12.2. The number of hydrogen-bond donors (Lipinski definition) is 1. The summed E-state index contributed by atoms with van der Waals surface area (Å²) in [5, 5.41) is 3.40. The highest BCUT2D eigenvalue weighted by atomic mass is 16.5. The number of ether oxygens (including phenoxy) is 1. The van der Waals surface area contributed by atoms with Gasteiger partial charge in [0.05, 0.1) is 0 Å². The van der Waals surface area contributed by atoms with Gasteiger partial charge in [0.25, 0.3) is 0 Å². The van der Waals surface area contributed by atoms with Crippen LogP contribution in [-0.4, -0.2) is 23.1 Å². The third kappa shape index (κ3) is 3.95. The lowest BCUT2D eigenvalue weighted by atomic mass is 10.0. The molecule has 1 aromatic heterocycles. The van der Waals surface area contributed by atoms with Gasteiger partial charge in [0, 0.05) is 24.4 Å². The van der Waals surface area contributed by atoms with Gasteiger partial charge in [-0.3, -0.25) is 0 Å². The Morgan fingerprint density at radius 2 is 1.94 bits per heavy atom. The third-order valence-corrected chi connectivity index (χ3v) is 2.74. The molecule has 0 aliphatic rings. The van der Waals surface area contributed by atoms with Crippen LogP contribution in [0, 0.1) is 6.92 Å². The van der Waals surface area contributed by atoms with Crippen molar-refractivity contribution < 1.29 is 4.74 Å². The minimum Gasteiger partial charge on any atom is -0.374 e. The van der Waals surface area contributed by atoms with Crippen LogP contribution >= 0.6 is 0 Å². The summed E-state index contributed by atoms with van der Waals surface area (Å²) in [6.45, 7) is 12.6. The standard InChI is InChI=1S/C14H25N3O/c1-6-8-15-14-13(10(3)4)11(5)16-12(17-14)9-18-7-2/h10H,6-9H2,1-5H3,(H,15,16,17). The first-order chi connectivity index (χ1) is 8.60. The number of aryl methyl sites for hydroxylation is 1. The molecule has 0 spiro atoms. The Balaban J connectivity index is 3.02. The summed E-state index contributed by atoms with van der Waals surface area (Å²) in [5.41, 5.74) is 2.26. The minimum absolute atomic E-state index is 0.422. The molecule has 18 heavy (non-hydrogen) atoms. The highest BCUT2D eigenvalue weighted by Gasteiger charge is 2.14. The van der Waals surface area contributed by atoms with E-state index in [2.05, 4.69) is 36.1 Å². The number of aromatic nitrogens is 2. The Morgan fingerprint density at radius 3 is 2.50 bits per heavy atom. The van der Waals surface area contributed by atoms with Crippen molar-refractivity contribution in [1.29, 1.82) is 0 Å². The number of anilines is 1. The fourth-order valence-electron chi connectivity index (χ4n) is 1.97. The van der Waals surface area contributed by atoms with Gasteiger partial charge in [-0.25, -0.2) is 9.97 Å². The molecule has 1 rings (SSSR count). The molecule has 0 unspecified atom stereocenters. The first-order valence-corrected chi connectivity index (χ1v) is 6.79. The van der Waals surface area contributed by atoms with E-state index in [1.54, 1.807) is 0 Å². The summed E-state index contributed by atoms with van der Waals surface area (Å²) < 4.78 is 5.38. The van der Waals surface area contributed by atoms with Gasteiger partial charge < -0.3 is 10.1 Å². The predicted octanol–water partition coefficient (Wildman–Crippen LogP) is 3.27. The fourth-order valence-corrected chi connectivity index (χ4v) is 1.97. The van der Waals surface area contributed by atoms with Crippen molar-refractivity contribution in [2.75, 3.05) is 18.5 Å². The van der Waals surface area contributed by atoms with Crippen molar-refractivity contribution in [3.8, 4) is 0 Å². The molecule has 1 heterocycles. The van der Waals surface area contributed by atoms with Crippen LogP contribution in [-0.2, 0) is 11.3 Å². The summed E-state index contributed by atoms with van der Waals surface area (Å²) in [5.74, 6) is 2.15. The quantitative estimate of drug-likeness (QED) is 0.808. The van der Waals surface area contributed by atoms with E-state index in [0.717, 1.165) is 30.3 Å². The van der Waals surface area contributed by atoms with Crippen molar-refractivity contribution in [2.45, 2.75) is 53.6 Å². The summed E-state index contributed by atoms with van der Waals surface area (Å²) in [6, 6.07) is 0. The van der Waals surface area contributed by atoms with E-state index >= 15 is 0 Å². The molecule has 0 saturated heterocycles. The molecule has 0 aromatic carbocycles. The number of nitrogens with one attached hydrogen (secondary N) is 1. The average molecular weight is 251 g/mol. The Kier molecular flexibility index (Phi) is 6.05. The summed E-state index contributed by atoms with van der Waals surface area (Å²) >= 11 is 0. The van der Waals surface area contributed by atoms with Crippen LogP contribution in [0.25, 0.3) is 0 Å². The van der Waals surface area contributed by atoms with Crippen LogP contribution in [0.2, 0.25) is 0 Å². The lowest BCUT2D eigenvalue weighted by Gasteiger charge is -2.17. The lowest BCUT2D eigenvalue weighted by Crippen LogP contribution is -2.12. The fraction of sp³-hybridized carbons (Fsp3) is 0.714. The summed E-state index contributed by atoms with van der Waals surface area (Å²) in [4.78, 5) is 9.11. The van der Waals surface area contributed by atoms with Gasteiger partial charge >= 0.3 is 0 Å². The first kappa shape index (κ1) is 14.9. The van der Waals surface area contributed by atoms with Crippen molar-refractivity contribution >= 4 is 5.82 Å². The highest BCUT2D eigenvalue weighted by molar-refractivity contribution is 5.48. The summed E-state index contributed by atoms with van der Waals surface area (Å²) in [6.07, 6.45) is 1.08. The maximum Gasteiger partial charge on any atom is 0.156 e. The van der Waals surface area contributed by atoms with E-state index in [9.17, 15) is 0 Å². The topological polar surface area (TPSA) is 47.0 Å². The average Bonchev–Trinajstić information content (AvgIpc) is 2.32. The maximum absolute atomic E-state index is 5.38. The Bertz CT molecular complexity index is 378. The number of hydrogen-bond acceptors (Lipinski definition) is 4. The second kappa shape index (κ2) is 7.31. The molecule has 0 fully saturated rings. The highest BCUT2D eigenvalue weighted by Crippen LogP contribution is 2.25. The van der Waals surface area contributed by atoms with E-state index in [0.29, 0.717) is 19.1 Å². The van der Waals surface area contributed by atoms with Crippen LogP contribution < -0.4 is 5.32 Å². The molecule has 0 radical (unpaired) electrons. The Labute approximate surface area is 110 Å². The Hall–Kier alpha value is -1.16. The molecule has 1 aromatic rings. The van der Waals surface area contributed by atoms with Crippen molar-refractivity contribution in [3.05, 3.63) is 17.1 Å². The monoisotopic (exact) mass is 251 g/mol. The second-order valence-electron chi connectivity index (χ2n) is 4.71. The van der Waals surface area contributed by atoms with Gasteiger partial charge in [0.2, 0.25) is 0 Å². The van der Waals surface area contributed by atoms with Crippen molar-refractivity contribution in [1.82, 2.24) is 9.97 Å². The smallest absolute Gasteiger partial charge is 0.156 e. The zero-order valence-electron chi connectivity index (χ0n) is 12.2.